The predicted molar refractivity (Wildman–Crippen MR) is 150 cm³/mol. The molecule has 37 heavy (non-hydrogen) atoms. The smallest absolute Gasteiger partial charge is 0.225 e. The summed E-state index contributed by atoms with van der Waals surface area (Å²) in [6.45, 7) is 12.8. The zero-order chi connectivity index (χ0) is 26.0. The Morgan fingerprint density at radius 3 is 2.41 bits per heavy atom. The van der Waals surface area contributed by atoms with Gasteiger partial charge >= 0.3 is 0 Å². The van der Waals surface area contributed by atoms with E-state index in [-0.39, 0.29) is 5.92 Å². The van der Waals surface area contributed by atoms with Crippen molar-refractivity contribution in [1.29, 1.82) is 0 Å². The molecule has 6 heteroatoms. The van der Waals surface area contributed by atoms with Crippen LogP contribution in [-0.4, -0.2) is 66.4 Å². The fraction of sp³-hybridized carbons (Fsp3) is 0.387. The summed E-state index contributed by atoms with van der Waals surface area (Å²) in [5.74, 6) is 2.17. The standard InChI is InChI=1S/C31H40N4O2/c1-3-5-26(12-15-32)23-33-16-13-28(14-17-33)31(36)35-20-18-34(19-21-35)24-27-6-4-7-30(22-27)37-29-10-8-25(2)9-11-29/h3-12,15,22,28H,1,13-14,16-21,23-24,32H2,2H3/b15-12-,26-5+. The van der Waals surface area contributed by atoms with Crippen molar-refractivity contribution in [2.24, 2.45) is 11.7 Å². The lowest BCUT2D eigenvalue weighted by molar-refractivity contribution is -0.138. The maximum Gasteiger partial charge on any atom is 0.225 e. The average molecular weight is 501 g/mol. The molecule has 0 radical (unpaired) electrons. The van der Waals surface area contributed by atoms with Crippen molar-refractivity contribution in [3.63, 3.8) is 0 Å². The van der Waals surface area contributed by atoms with Gasteiger partial charge < -0.3 is 15.4 Å². The SMILES string of the molecule is C=C/C=C(\C=C/N)CN1CCC(C(=O)N2CCN(Cc3cccc(Oc4ccc(C)cc4)c3)CC2)CC1. The number of amides is 1. The van der Waals surface area contributed by atoms with Crippen molar-refractivity contribution in [2.45, 2.75) is 26.3 Å². The highest BCUT2D eigenvalue weighted by molar-refractivity contribution is 5.79. The van der Waals surface area contributed by atoms with Gasteiger partial charge in [0.1, 0.15) is 11.5 Å². The number of aryl methyl sites for hydroxylation is 1. The van der Waals surface area contributed by atoms with Gasteiger partial charge in [0.25, 0.3) is 0 Å². The van der Waals surface area contributed by atoms with Crippen LogP contribution in [0.15, 0.2) is 85.1 Å². The van der Waals surface area contributed by atoms with E-state index in [0.717, 1.165) is 82.3 Å². The van der Waals surface area contributed by atoms with Gasteiger partial charge in [-0.25, -0.2) is 0 Å². The van der Waals surface area contributed by atoms with Gasteiger partial charge in [0.15, 0.2) is 0 Å². The summed E-state index contributed by atoms with van der Waals surface area (Å²) in [4.78, 5) is 20.1. The van der Waals surface area contributed by atoms with E-state index in [1.165, 1.54) is 11.1 Å². The van der Waals surface area contributed by atoms with Crippen molar-refractivity contribution in [3.05, 3.63) is 96.2 Å². The summed E-state index contributed by atoms with van der Waals surface area (Å²) in [7, 11) is 0. The minimum absolute atomic E-state index is 0.135. The Labute approximate surface area is 221 Å². The van der Waals surface area contributed by atoms with Crippen molar-refractivity contribution in [3.8, 4) is 11.5 Å². The van der Waals surface area contributed by atoms with Crippen molar-refractivity contribution >= 4 is 5.91 Å². The van der Waals surface area contributed by atoms with Gasteiger partial charge in [-0.2, -0.15) is 0 Å². The van der Waals surface area contributed by atoms with E-state index in [1.54, 1.807) is 12.3 Å². The third-order valence-electron chi connectivity index (χ3n) is 7.23. The molecule has 6 nitrogen and oxygen atoms in total. The van der Waals surface area contributed by atoms with E-state index in [2.05, 4.69) is 52.5 Å². The summed E-state index contributed by atoms with van der Waals surface area (Å²) in [6, 6.07) is 16.4. The predicted octanol–water partition coefficient (Wildman–Crippen LogP) is 4.73. The van der Waals surface area contributed by atoms with E-state index in [9.17, 15) is 4.79 Å². The van der Waals surface area contributed by atoms with E-state index < -0.39 is 0 Å². The molecule has 2 fully saturated rings. The molecule has 0 saturated carbocycles. The van der Waals surface area contributed by atoms with Gasteiger partial charge in [-0.1, -0.05) is 48.6 Å². The first-order valence-corrected chi connectivity index (χ1v) is 13.3. The van der Waals surface area contributed by atoms with Crippen molar-refractivity contribution in [2.75, 3.05) is 45.8 Å². The molecule has 2 aliphatic heterocycles. The van der Waals surface area contributed by atoms with Gasteiger partial charge in [-0.3, -0.25) is 14.6 Å². The average Bonchev–Trinajstić information content (AvgIpc) is 2.91. The Morgan fingerprint density at radius 1 is 1.00 bits per heavy atom. The van der Waals surface area contributed by atoms with Crippen molar-refractivity contribution < 1.29 is 9.53 Å². The third kappa shape index (κ3) is 7.81. The molecule has 0 aliphatic carbocycles. The number of piperazine rings is 1. The number of ether oxygens (including phenoxy) is 1. The fourth-order valence-corrected chi connectivity index (χ4v) is 5.12. The monoisotopic (exact) mass is 500 g/mol. The highest BCUT2D eigenvalue weighted by atomic mass is 16.5. The van der Waals surface area contributed by atoms with Crippen molar-refractivity contribution in [1.82, 2.24) is 14.7 Å². The zero-order valence-corrected chi connectivity index (χ0v) is 22.0. The lowest BCUT2D eigenvalue weighted by atomic mass is 9.94. The number of carbonyl (C=O) groups is 1. The zero-order valence-electron chi connectivity index (χ0n) is 22.0. The number of carbonyl (C=O) groups excluding carboxylic acids is 1. The van der Waals surface area contributed by atoms with Crippen LogP contribution in [0.5, 0.6) is 11.5 Å². The van der Waals surface area contributed by atoms with E-state index >= 15 is 0 Å². The quantitative estimate of drug-likeness (QED) is 0.505. The summed E-state index contributed by atoms with van der Waals surface area (Å²) in [5.41, 5.74) is 9.16. The summed E-state index contributed by atoms with van der Waals surface area (Å²) in [5, 5.41) is 0. The second kappa shape index (κ2) is 13.3. The number of piperidine rings is 1. The first kappa shape index (κ1) is 26.7. The number of hydrogen-bond acceptors (Lipinski definition) is 5. The second-order valence-corrected chi connectivity index (χ2v) is 10.1. The Kier molecular flexibility index (Phi) is 9.58. The molecular formula is C31H40N4O2. The molecule has 0 bridgehead atoms. The molecule has 0 spiro atoms. The molecule has 4 rings (SSSR count). The highest BCUT2D eigenvalue weighted by Gasteiger charge is 2.30. The van der Waals surface area contributed by atoms with Gasteiger partial charge in [-0.05, 0) is 80.5 Å². The van der Waals surface area contributed by atoms with E-state index in [0.29, 0.717) is 5.91 Å². The van der Waals surface area contributed by atoms with Crippen LogP contribution in [-0.2, 0) is 11.3 Å². The Balaban J connectivity index is 1.22. The first-order chi connectivity index (χ1) is 18.0. The van der Waals surface area contributed by atoms with E-state index in [4.69, 9.17) is 10.5 Å². The number of rotatable bonds is 9. The van der Waals surface area contributed by atoms with Crippen LogP contribution >= 0.6 is 0 Å². The Hall–Kier alpha value is -3.35. The topological polar surface area (TPSA) is 62.0 Å². The molecule has 2 aliphatic rings. The maximum atomic E-state index is 13.2. The number of nitrogens with two attached hydrogens (primary N) is 1. The van der Waals surface area contributed by atoms with E-state index in [1.807, 2.05) is 36.4 Å². The summed E-state index contributed by atoms with van der Waals surface area (Å²) < 4.78 is 6.04. The minimum atomic E-state index is 0.135. The van der Waals surface area contributed by atoms with Crippen LogP contribution in [0.4, 0.5) is 0 Å². The van der Waals surface area contributed by atoms with Crippen LogP contribution in [0.1, 0.15) is 24.0 Å². The molecule has 1 amide bonds. The second-order valence-electron chi connectivity index (χ2n) is 10.1. The van der Waals surface area contributed by atoms with Crippen LogP contribution in [0.3, 0.4) is 0 Å². The number of benzene rings is 2. The molecule has 2 aromatic carbocycles. The Morgan fingerprint density at radius 2 is 1.73 bits per heavy atom. The molecule has 2 aromatic rings. The van der Waals surface area contributed by atoms with Crippen LogP contribution in [0, 0.1) is 12.8 Å². The Bertz CT molecular complexity index is 1090. The molecule has 0 aromatic heterocycles. The molecule has 0 atom stereocenters. The number of allylic oxidation sites excluding steroid dienone is 2. The number of likely N-dealkylation sites (tertiary alicyclic amines) is 1. The van der Waals surface area contributed by atoms with Gasteiger partial charge in [0.2, 0.25) is 5.91 Å². The lowest BCUT2D eigenvalue weighted by Crippen LogP contribution is -2.51. The van der Waals surface area contributed by atoms with Gasteiger partial charge in [-0.15, -0.1) is 0 Å². The molecule has 2 N–H and O–H groups in total. The molecule has 2 saturated heterocycles. The molecular weight excluding hydrogens is 460 g/mol. The molecule has 196 valence electrons. The van der Waals surface area contributed by atoms with Gasteiger partial charge in [0.05, 0.1) is 0 Å². The number of hydrogen-bond donors (Lipinski definition) is 1. The lowest BCUT2D eigenvalue weighted by Gasteiger charge is -2.38. The van der Waals surface area contributed by atoms with Crippen LogP contribution in [0.25, 0.3) is 0 Å². The number of nitrogens with zero attached hydrogens (tertiary/aromatic N) is 3. The summed E-state index contributed by atoms with van der Waals surface area (Å²) >= 11 is 0. The molecule has 2 heterocycles. The van der Waals surface area contributed by atoms with Crippen LogP contribution < -0.4 is 10.5 Å². The maximum absolute atomic E-state index is 13.2. The summed E-state index contributed by atoms with van der Waals surface area (Å²) in [6.07, 6.45) is 9.11. The third-order valence-corrected chi connectivity index (χ3v) is 7.23. The molecule has 0 unspecified atom stereocenters. The van der Waals surface area contributed by atoms with Gasteiger partial charge in [0, 0.05) is 45.2 Å². The largest absolute Gasteiger partial charge is 0.457 e. The first-order valence-electron chi connectivity index (χ1n) is 13.3. The fourth-order valence-electron chi connectivity index (χ4n) is 5.12. The normalized spacial score (nSPS) is 18.3. The highest BCUT2D eigenvalue weighted by Crippen LogP contribution is 2.24. The van der Waals surface area contributed by atoms with Crippen LogP contribution in [0.2, 0.25) is 0 Å². The minimum Gasteiger partial charge on any atom is -0.457 e.